The Kier molecular flexibility index (Phi) is 2.25. The van der Waals surface area contributed by atoms with Crippen LogP contribution in [0.5, 0.6) is 0 Å². The Morgan fingerprint density at radius 3 is 2.67 bits per heavy atom. The first-order valence-corrected chi connectivity index (χ1v) is 5.04. The summed E-state index contributed by atoms with van der Waals surface area (Å²) in [5.74, 6) is -0.803. The van der Waals surface area contributed by atoms with E-state index < -0.39 is 11.4 Å². The zero-order chi connectivity index (χ0) is 11.1. The molecule has 3 heteroatoms. The fourth-order valence-electron chi connectivity index (χ4n) is 2.45. The number of halogens is 1. The Bertz CT molecular complexity index is 394. The SMILES string of the molecule is CC1CC(C(=O)O)(c2cccc(F)c2)C1. The van der Waals surface area contributed by atoms with Crippen LogP contribution < -0.4 is 0 Å². The maximum Gasteiger partial charge on any atom is 0.314 e. The van der Waals surface area contributed by atoms with Crippen molar-refractivity contribution < 1.29 is 14.3 Å². The van der Waals surface area contributed by atoms with Gasteiger partial charge in [0, 0.05) is 0 Å². The number of carboxylic acids is 1. The number of rotatable bonds is 2. The summed E-state index contributed by atoms with van der Waals surface area (Å²) in [4.78, 5) is 11.2. The van der Waals surface area contributed by atoms with Gasteiger partial charge in [0.15, 0.2) is 0 Å². The highest BCUT2D eigenvalue weighted by Crippen LogP contribution is 2.47. The summed E-state index contributed by atoms with van der Waals surface area (Å²) in [6.45, 7) is 2.01. The Morgan fingerprint density at radius 2 is 2.20 bits per heavy atom. The summed E-state index contributed by atoms with van der Waals surface area (Å²) >= 11 is 0. The third-order valence-corrected chi connectivity index (χ3v) is 3.18. The summed E-state index contributed by atoms with van der Waals surface area (Å²) in [6, 6.07) is 5.93. The van der Waals surface area contributed by atoms with Gasteiger partial charge in [-0.1, -0.05) is 19.1 Å². The van der Waals surface area contributed by atoms with Crippen LogP contribution in [-0.2, 0) is 10.2 Å². The molecule has 0 radical (unpaired) electrons. The third kappa shape index (κ3) is 1.52. The van der Waals surface area contributed by atoms with Gasteiger partial charge in [-0.25, -0.2) is 4.39 Å². The van der Waals surface area contributed by atoms with E-state index in [-0.39, 0.29) is 5.82 Å². The van der Waals surface area contributed by atoms with Crippen molar-refractivity contribution in [2.45, 2.75) is 25.2 Å². The maximum absolute atomic E-state index is 13.0. The van der Waals surface area contributed by atoms with Gasteiger partial charge < -0.3 is 5.11 Å². The van der Waals surface area contributed by atoms with Crippen molar-refractivity contribution in [3.05, 3.63) is 35.6 Å². The Morgan fingerprint density at radius 1 is 1.53 bits per heavy atom. The van der Waals surface area contributed by atoms with E-state index in [0.717, 1.165) is 0 Å². The fourth-order valence-corrected chi connectivity index (χ4v) is 2.45. The smallest absolute Gasteiger partial charge is 0.314 e. The van der Waals surface area contributed by atoms with Crippen LogP contribution in [0.4, 0.5) is 4.39 Å². The molecule has 0 aliphatic heterocycles. The molecular weight excluding hydrogens is 195 g/mol. The van der Waals surface area contributed by atoms with Crippen molar-refractivity contribution in [1.29, 1.82) is 0 Å². The molecule has 0 unspecified atom stereocenters. The zero-order valence-corrected chi connectivity index (χ0v) is 8.53. The minimum Gasteiger partial charge on any atom is -0.481 e. The predicted octanol–water partition coefficient (Wildman–Crippen LogP) is 2.58. The van der Waals surface area contributed by atoms with E-state index in [1.807, 2.05) is 6.92 Å². The van der Waals surface area contributed by atoms with Crippen LogP contribution in [0, 0.1) is 11.7 Å². The van der Waals surface area contributed by atoms with Crippen molar-refractivity contribution in [2.75, 3.05) is 0 Å². The first-order chi connectivity index (χ1) is 7.04. The molecule has 0 spiro atoms. The monoisotopic (exact) mass is 208 g/mol. The van der Waals surface area contributed by atoms with E-state index in [1.54, 1.807) is 12.1 Å². The molecule has 0 amide bonds. The van der Waals surface area contributed by atoms with Gasteiger partial charge >= 0.3 is 5.97 Å². The van der Waals surface area contributed by atoms with Gasteiger partial charge in [-0.15, -0.1) is 0 Å². The molecule has 1 fully saturated rings. The lowest BCUT2D eigenvalue weighted by molar-refractivity contribution is -0.149. The Balaban J connectivity index is 2.39. The highest BCUT2D eigenvalue weighted by molar-refractivity contribution is 5.82. The number of hydrogen-bond donors (Lipinski definition) is 1. The van der Waals surface area contributed by atoms with E-state index in [0.29, 0.717) is 24.3 Å². The van der Waals surface area contributed by atoms with Gasteiger partial charge in [0.1, 0.15) is 5.82 Å². The molecule has 0 aromatic heterocycles. The van der Waals surface area contributed by atoms with Gasteiger partial charge in [-0.05, 0) is 36.5 Å². The molecule has 1 N–H and O–H groups in total. The van der Waals surface area contributed by atoms with Gasteiger partial charge in [0.2, 0.25) is 0 Å². The Hall–Kier alpha value is -1.38. The molecule has 2 nitrogen and oxygen atoms in total. The normalized spacial score (nSPS) is 29.6. The second kappa shape index (κ2) is 3.33. The van der Waals surface area contributed by atoms with Gasteiger partial charge in [-0.2, -0.15) is 0 Å². The summed E-state index contributed by atoms with van der Waals surface area (Å²) < 4.78 is 13.0. The summed E-state index contributed by atoms with van der Waals surface area (Å²) in [5.41, 5.74) is -0.255. The number of aliphatic carboxylic acids is 1. The molecule has 15 heavy (non-hydrogen) atoms. The molecule has 0 heterocycles. The quantitative estimate of drug-likeness (QED) is 0.811. The second-order valence-corrected chi connectivity index (χ2v) is 4.41. The summed E-state index contributed by atoms with van der Waals surface area (Å²) in [6.07, 6.45) is 1.21. The van der Waals surface area contributed by atoms with E-state index in [1.165, 1.54) is 12.1 Å². The van der Waals surface area contributed by atoms with Gasteiger partial charge in [-0.3, -0.25) is 4.79 Å². The Labute approximate surface area is 87.7 Å². The summed E-state index contributed by atoms with van der Waals surface area (Å²) in [7, 11) is 0. The van der Waals surface area contributed by atoms with Crippen LogP contribution >= 0.6 is 0 Å². The van der Waals surface area contributed by atoms with Crippen molar-refractivity contribution in [2.24, 2.45) is 5.92 Å². The van der Waals surface area contributed by atoms with Crippen LogP contribution in [0.2, 0.25) is 0 Å². The maximum atomic E-state index is 13.0. The number of hydrogen-bond acceptors (Lipinski definition) is 1. The first-order valence-electron chi connectivity index (χ1n) is 5.04. The van der Waals surface area contributed by atoms with E-state index in [9.17, 15) is 14.3 Å². The highest BCUT2D eigenvalue weighted by atomic mass is 19.1. The average molecular weight is 208 g/mol. The number of carboxylic acid groups (broad SMARTS) is 1. The van der Waals surface area contributed by atoms with Crippen LogP contribution in [0.15, 0.2) is 24.3 Å². The van der Waals surface area contributed by atoms with Crippen molar-refractivity contribution in [3.8, 4) is 0 Å². The molecule has 0 saturated heterocycles. The topological polar surface area (TPSA) is 37.3 Å². The molecule has 1 aliphatic rings. The molecular formula is C12H13FO2. The number of carbonyl (C=O) groups is 1. The number of benzene rings is 1. The predicted molar refractivity (Wildman–Crippen MR) is 54.1 cm³/mol. The largest absolute Gasteiger partial charge is 0.481 e. The minimum atomic E-state index is -0.846. The summed E-state index contributed by atoms with van der Waals surface area (Å²) in [5, 5.41) is 9.22. The molecule has 1 aromatic rings. The molecule has 1 aromatic carbocycles. The first kappa shape index (κ1) is 10.1. The minimum absolute atomic E-state index is 0.368. The molecule has 1 saturated carbocycles. The molecule has 80 valence electrons. The third-order valence-electron chi connectivity index (χ3n) is 3.18. The van der Waals surface area contributed by atoms with Crippen molar-refractivity contribution in [1.82, 2.24) is 0 Å². The fraction of sp³-hybridized carbons (Fsp3) is 0.417. The molecule has 1 aliphatic carbocycles. The van der Waals surface area contributed by atoms with E-state index >= 15 is 0 Å². The zero-order valence-electron chi connectivity index (χ0n) is 8.53. The molecule has 0 bridgehead atoms. The lowest BCUT2D eigenvalue weighted by Crippen LogP contribution is -2.46. The van der Waals surface area contributed by atoms with E-state index in [4.69, 9.17) is 0 Å². The van der Waals surface area contributed by atoms with E-state index in [2.05, 4.69) is 0 Å². The van der Waals surface area contributed by atoms with Crippen molar-refractivity contribution in [3.63, 3.8) is 0 Å². The lowest BCUT2D eigenvalue weighted by Gasteiger charge is -2.43. The lowest BCUT2D eigenvalue weighted by atomic mass is 9.59. The van der Waals surface area contributed by atoms with Crippen LogP contribution in [-0.4, -0.2) is 11.1 Å². The van der Waals surface area contributed by atoms with Crippen molar-refractivity contribution >= 4 is 5.97 Å². The average Bonchev–Trinajstić information content (AvgIpc) is 2.12. The second-order valence-electron chi connectivity index (χ2n) is 4.41. The molecule has 0 atom stereocenters. The van der Waals surface area contributed by atoms with Crippen LogP contribution in [0.3, 0.4) is 0 Å². The van der Waals surface area contributed by atoms with Gasteiger partial charge in [0.05, 0.1) is 5.41 Å². The van der Waals surface area contributed by atoms with Crippen LogP contribution in [0.1, 0.15) is 25.3 Å². The standard InChI is InChI=1S/C12H13FO2/c1-8-6-12(7-8,11(14)15)9-3-2-4-10(13)5-9/h2-5,8H,6-7H2,1H3,(H,14,15). The van der Waals surface area contributed by atoms with Crippen LogP contribution in [0.25, 0.3) is 0 Å². The highest BCUT2D eigenvalue weighted by Gasteiger charge is 2.49. The van der Waals surface area contributed by atoms with Gasteiger partial charge in [0.25, 0.3) is 0 Å². The molecule has 2 rings (SSSR count).